The summed E-state index contributed by atoms with van der Waals surface area (Å²) in [4.78, 5) is 22.1. The van der Waals surface area contributed by atoms with E-state index in [9.17, 15) is 14.7 Å². The highest BCUT2D eigenvalue weighted by Gasteiger charge is 2.13. The summed E-state index contributed by atoms with van der Waals surface area (Å²) in [6, 6.07) is 4.94. The Labute approximate surface area is 115 Å². The number of hydrogen-bond donors (Lipinski definition) is 5. The molecule has 7 heteroatoms. The first-order valence-electron chi connectivity index (χ1n) is 5.88. The highest BCUT2D eigenvalue weighted by atomic mass is 16.4. The van der Waals surface area contributed by atoms with Gasteiger partial charge in [0.2, 0.25) is 0 Å². The maximum absolute atomic E-state index is 11.8. The van der Waals surface area contributed by atoms with E-state index < -0.39 is 23.3 Å². The van der Waals surface area contributed by atoms with Crippen molar-refractivity contribution in [3.05, 3.63) is 35.2 Å². The normalized spacial score (nSPS) is 11.7. The van der Waals surface area contributed by atoms with Gasteiger partial charge in [-0.05, 0) is 24.6 Å². The maximum atomic E-state index is 11.8. The quantitative estimate of drug-likeness (QED) is 0.311. The van der Waals surface area contributed by atoms with Gasteiger partial charge in [0.25, 0.3) is 5.91 Å². The molecule has 0 heterocycles. The number of carboxylic acid groups (broad SMARTS) is 1. The van der Waals surface area contributed by atoms with Crippen molar-refractivity contribution in [3.63, 3.8) is 0 Å². The molecule has 7 nitrogen and oxygen atoms in total. The lowest BCUT2D eigenvalue weighted by atomic mass is 10.2. The van der Waals surface area contributed by atoms with Crippen molar-refractivity contribution in [3.8, 4) is 0 Å². The second kappa shape index (κ2) is 6.46. The van der Waals surface area contributed by atoms with Crippen LogP contribution in [0.1, 0.15) is 18.4 Å². The van der Waals surface area contributed by atoms with E-state index in [-0.39, 0.29) is 12.8 Å². The predicted octanol–water partition coefficient (Wildman–Crippen LogP) is 1.11. The highest BCUT2D eigenvalue weighted by molar-refractivity contribution is 6.03. The van der Waals surface area contributed by atoms with Crippen molar-refractivity contribution in [1.82, 2.24) is 0 Å². The van der Waals surface area contributed by atoms with Gasteiger partial charge in [0, 0.05) is 17.8 Å². The van der Waals surface area contributed by atoms with Crippen LogP contribution in [-0.2, 0) is 9.59 Å². The van der Waals surface area contributed by atoms with Crippen molar-refractivity contribution in [2.75, 3.05) is 11.1 Å². The van der Waals surface area contributed by atoms with Crippen LogP contribution in [0, 0.1) is 6.92 Å². The third-order valence-corrected chi connectivity index (χ3v) is 2.67. The van der Waals surface area contributed by atoms with Crippen LogP contribution < -0.4 is 16.8 Å². The summed E-state index contributed by atoms with van der Waals surface area (Å²) < 4.78 is 0. The first-order chi connectivity index (χ1) is 9.31. The monoisotopic (exact) mass is 279 g/mol. The Bertz CT molecular complexity index is 567. The van der Waals surface area contributed by atoms with Crippen molar-refractivity contribution >= 4 is 23.3 Å². The minimum atomic E-state index is -1.09. The van der Waals surface area contributed by atoms with Gasteiger partial charge < -0.3 is 27.0 Å². The number of allylic oxidation sites excluding steroid dienone is 1. The fraction of sp³-hybridized carbons (Fsp3) is 0.231. The SMILES string of the molecule is Cc1ccc(NC(=O)/C(N)=C(/O)CCC(=O)O)cc1N. The van der Waals surface area contributed by atoms with Crippen molar-refractivity contribution in [2.24, 2.45) is 5.73 Å². The number of nitrogens with one attached hydrogen (secondary N) is 1. The van der Waals surface area contributed by atoms with Crippen LogP contribution in [0.3, 0.4) is 0 Å². The van der Waals surface area contributed by atoms with Crippen LogP contribution in [0.2, 0.25) is 0 Å². The number of carbonyl (C=O) groups excluding carboxylic acids is 1. The molecule has 7 N–H and O–H groups in total. The van der Waals surface area contributed by atoms with Crippen LogP contribution in [0.15, 0.2) is 29.7 Å². The molecule has 0 radical (unpaired) electrons. The standard InChI is InChI=1S/C13H17N3O4/c1-7-2-3-8(6-9(7)14)16-13(20)12(15)10(17)4-5-11(18)19/h2-3,6,17H,4-5,14-15H2,1H3,(H,16,20)(H,18,19)/b12-10-. The van der Waals surface area contributed by atoms with Crippen molar-refractivity contribution in [2.45, 2.75) is 19.8 Å². The number of aliphatic hydroxyl groups excluding tert-OH is 1. The van der Waals surface area contributed by atoms with E-state index in [2.05, 4.69) is 5.32 Å². The number of nitrogen functional groups attached to an aromatic ring is 1. The average molecular weight is 279 g/mol. The summed E-state index contributed by atoms with van der Waals surface area (Å²) in [5.74, 6) is -2.25. The number of amides is 1. The molecule has 1 rings (SSSR count). The lowest BCUT2D eigenvalue weighted by Gasteiger charge is -2.09. The lowest BCUT2D eigenvalue weighted by Crippen LogP contribution is -2.22. The van der Waals surface area contributed by atoms with Gasteiger partial charge in [-0.1, -0.05) is 6.07 Å². The molecule has 0 saturated heterocycles. The summed E-state index contributed by atoms with van der Waals surface area (Å²) in [7, 11) is 0. The average Bonchev–Trinajstić information content (AvgIpc) is 2.39. The minimum Gasteiger partial charge on any atom is -0.510 e. The van der Waals surface area contributed by atoms with Gasteiger partial charge in [0.15, 0.2) is 0 Å². The zero-order valence-corrected chi connectivity index (χ0v) is 11.0. The molecule has 0 bridgehead atoms. The summed E-state index contributed by atoms with van der Waals surface area (Å²) in [6.07, 6.45) is -0.512. The number of nitrogens with two attached hydrogens (primary N) is 2. The smallest absolute Gasteiger partial charge is 0.303 e. The number of hydrogen-bond acceptors (Lipinski definition) is 5. The molecule has 0 aliphatic carbocycles. The van der Waals surface area contributed by atoms with E-state index >= 15 is 0 Å². The summed E-state index contributed by atoms with van der Waals surface area (Å²) in [5, 5.41) is 20.5. The molecule has 0 spiro atoms. The molecule has 20 heavy (non-hydrogen) atoms. The predicted molar refractivity (Wildman–Crippen MR) is 74.9 cm³/mol. The highest BCUT2D eigenvalue weighted by Crippen LogP contribution is 2.17. The molecule has 0 saturated carbocycles. The number of carbonyl (C=O) groups is 2. The molecule has 108 valence electrons. The number of aliphatic carboxylic acids is 1. The van der Waals surface area contributed by atoms with E-state index in [1.165, 1.54) is 0 Å². The number of anilines is 2. The molecule has 0 aromatic heterocycles. The zero-order chi connectivity index (χ0) is 15.3. The fourth-order valence-electron chi connectivity index (χ4n) is 1.41. The Morgan fingerprint density at radius 3 is 2.45 bits per heavy atom. The molecule has 0 atom stereocenters. The molecule has 1 aromatic rings. The Morgan fingerprint density at radius 1 is 1.25 bits per heavy atom. The zero-order valence-electron chi connectivity index (χ0n) is 11.0. The van der Waals surface area contributed by atoms with Crippen molar-refractivity contribution in [1.29, 1.82) is 0 Å². The van der Waals surface area contributed by atoms with E-state index in [1.54, 1.807) is 18.2 Å². The molecule has 0 fully saturated rings. The van der Waals surface area contributed by atoms with Crippen LogP contribution >= 0.6 is 0 Å². The molecule has 0 aliphatic rings. The first-order valence-corrected chi connectivity index (χ1v) is 5.88. The number of benzene rings is 1. The summed E-state index contributed by atoms with van der Waals surface area (Å²) >= 11 is 0. The fourth-order valence-corrected chi connectivity index (χ4v) is 1.41. The summed E-state index contributed by atoms with van der Waals surface area (Å²) in [5.41, 5.74) is 12.6. The van der Waals surface area contributed by atoms with Gasteiger partial charge in [-0.25, -0.2) is 0 Å². The number of rotatable bonds is 5. The van der Waals surface area contributed by atoms with Gasteiger partial charge in [-0.3, -0.25) is 9.59 Å². The Morgan fingerprint density at radius 2 is 1.90 bits per heavy atom. The Hall–Kier alpha value is -2.70. The molecular weight excluding hydrogens is 262 g/mol. The van der Waals surface area contributed by atoms with Crippen LogP contribution in [0.25, 0.3) is 0 Å². The van der Waals surface area contributed by atoms with Gasteiger partial charge in [0.1, 0.15) is 11.5 Å². The minimum absolute atomic E-state index is 0.204. The van der Waals surface area contributed by atoms with Gasteiger partial charge >= 0.3 is 5.97 Å². The van der Waals surface area contributed by atoms with Crippen LogP contribution in [0.4, 0.5) is 11.4 Å². The molecule has 1 aromatic carbocycles. The maximum Gasteiger partial charge on any atom is 0.303 e. The molecule has 0 aliphatic heterocycles. The third-order valence-electron chi connectivity index (χ3n) is 2.67. The molecular formula is C13H17N3O4. The van der Waals surface area contributed by atoms with Crippen LogP contribution in [-0.4, -0.2) is 22.1 Å². The van der Waals surface area contributed by atoms with E-state index in [1.807, 2.05) is 6.92 Å². The van der Waals surface area contributed by atoms with Gasteiger partial charge in [-0.15, -0.1) is 0 Å². The second-order valence-corrected chi connectivity index (χ2v) is 4.28. The topological polar surface area (TPSA) is 139 Å². The van der Waals surface area contributed by atoms with E-state index in [0.29, 0.717) is 11.4 Å². The van der Waals surface area contributed by atoms with E-state index in [0.717, 1.165) is 5.56 Å². The molecule has 0 unspecified atom stereocenters. The largest absolute Gasteiger partial charge is 0.510 e. The number of aryl methyl sites for hydroxylation is 1. The van der Waals surface area contributed by atoms with E-state index in [4.69, 9.17) is 16.6 Å². The van der Waals surface area contributed by atoms with Crippen LogP contribution in [0.5, 0.6) is 0 Å². The first kappa shape index (κ1) is 15.4. The Balaban J connectivity index is 2.76. The van der Waals surface area contributed by atoms with Gasteiger partial charge in [0.05, 0.1) is 6.42 Å². The Kier molecular flexibility index (Phi) is 4.96. The lowest BCUT2D eigenvalue weighted by molar-refractivity contribution is -0.137. The third kappa shape index (κ3) is 4.20. The molecule has 1 amide bonds. The number of aliphatic hydroxyl groups is 1. The van der Waals surface area contributed by atoms with Crippen molar-refractivity contribution < 1.29 is 19.8 Å². The number of carboxylic acids is 1. The van der Waals surface area contributed by atoms with Gasteiger partial charge in [-0.2, -0.15) is 0 Å². The second-order valence-electron chi connectivity index (χ2n) is 4.28. The summed E-state index contributed by atoms with van der Waals surface area (Å²) in [6.45, 7) is 1.83.